The van der Waals surface area contributed by atoms with E-state index in [4.69, 9.17) is 26.4 Å². The lowest BCUT2D eigenvalue weighted by molar-refractivity contribution is 0.132. The van der Waals surface area contributed by atoms with Crippen LogP contribution in [0, 0.1) is 0 Å². The highest BCUT2D eigenvalue weighted by Crippen LogP contribution is 1.81. The lowest BCUT2D eigenvalue weighted by Gasteiger charge is -1.99. The van der Waals surface area contributed by atoms with Crippen LogP contribution in [0.1, 0.15) is 12.8 Å². The summed E-state index contributed by atoms with van der Waals surface area (Å²) < 4.78 is 5.15. The fourth-order valence-electron chi connectivity index (χ4n) is 0.473. The zero-order chi connectivity index (χ0) is 10.4. The van der Waals surface area contributed by atoms with Gasteiger partial charge in [0.2, 0.25) is 0 Å². The van der Waals surface area contributed by atoms with Gasteiger partial charge in [-0.1, -0.05) is 0 Å². The lowest BCUT2D eigenvalue weighted by Crippen LogP contribution is -2.08. The molecule has 0 aromatic carbocycles. The molecule has 0 amide bonds. The monoisotopic (exact) mass is 194 g/mol. The lowest BCUT2D eigenvalue weighted by atomic mass is 10.4. The first-order chi connectivity index (χ1) is 6.33. The molecular weight excluding hydrogens is 172 g/mol. The zero-order valence-electron chi connectivity index (χ0n) is 8.11. The summed E-state index contributed by atoms with van der Waals surface area (Å²) in [7, 11) is 0. The van der Waals surface area contributed by atoms with Crippen LogP contribution < -0.4 is 11.5 Å². The van der Waals surface area contributed by atoms with Gasteiger partial charge >= 0.3 is 0 Å². The number of aliphatic hydroxyl groups excluding tert-OH is 2. The number of rotatable bonds is 7. The predicted molar refractivity (Wildman–Crippen MR) is 52.3 cm³/mol. The minimum Gasteiger partial charge on any atom is -0.394 e. The summed E-state index contributed by atoms with van der Waals surface area (Å²) in [5.41, 5.74) is 10.5. The first-order valence-corrected chi connectivity index (χ1v) is 4.53. The Morgan fingerprint density at radius 1 is 0.846 bits per heavy atom. The van der Waals surface area contributed by atoms with E-state index in [1.54, 1.807) is 0 Å². The van der Waals surface area contributed by atoms with Crippen molar-refractivity contribution in [1.29, 1.82) is 0 Å². The summed E-state index contributed by atoms with van der Waals surface area (Å²) >= 11 is 0. The van der Waals surface area contributed by atoms with Crippen molar-refractivity contribution in [2.75, 3.05) is 39.5 Å². The summed E-state index contributed by atoms with van der Waals surface area (Å²) in [4.78, 5) is 0. The normalized spacial score (nSPS) is 9.23. The molecule has 82 valence electrons. The molecule has 0 aliphatic heterocycles. The second kappa shape index (κ2) is 17.8. The Bertz CT molecular complexity index is 66.4. The summed E-state index contributed by atoms with van der Waals surface area (Å²) in [6.07, 6.45) is 1.90. The first-order valence-electron chi connectivity index (χ1n) is 4.53. The van der Waals surface area contributed by atoms with Crippen molar-refractivity contribution in [3.63, 3.8) is 0 Å². The van der Waals surface area contributed by atoms with Gasteiger partial charge in [0.05, 0.1) is 13.2 Å². The van der Waals surface area contributed by atoms with Crippen molar-refractivity contribution in [3.05, 3.63) is 0 Å². The molecule has 0 saturated carbocycles. The zero-order valence-corrected chi connectivity index (χ0v) is 8.11. The highest BCUT2D eigenvalue weighted by molar-refractivity contribution is 4.38. The molecule has 13 heavy (non-hydrogen) atoms. The van der Waals surface area contributed by atoms with Gasteiger partial charge in [0.25, 0.3) is 0 Å². The molecule has 0 heterocycles. The molecule has 6 N–H and O–H groups in total. The summed E-state index contributed by atoms with van der Waals surface area (Å²) in [6, 6.07) is 0. The maximum Gasteiger partial charge on any atom is 0.0662 e. The highest BCUT2D eigenvalue weighted by Gasteiger charge is 1.84. The van der Waals surface area contributed by atoms with Crippen LogP contribution in [-0.2, 0) is 4.74 Å². The molecule has 0 rings (SSSR count). The second-order valence-electron chi connectivity index (χ2n) is 2.34. The van der Waals surface area contributed by atoms with Gasteiger partial charge in [-0.05, 0) is 25.9 Å². The fourth-order valence-corrected chi connectivity index (χ4v) is 0.473. The maximum absolute atomic E-state index is 7.62. The summed E-state index contributed by atoms with van der Waals surface area (Å²) in [5, 5.41) is 15.2. The van der Waals surface area contributed by atoms with Crippen LogP contribution in [0.5, 0.6) is 0 Å². The smallest absolute Gasteiger partial charge is 0.0662 e. The molecule has 0 aliphatic carbocycles. The molecule has 0 aromatic rings. The molecule has 0 radical (unpaired) electrons. The Labute approximate surface area is 79.7 Å². The fraction of sp³-hybridized carbons (Fsp3) is 1.00. The third-order valence-corrected chi connectivity index (χ3v) is 1.09. The van der Waals surface area contributed by atoms with E-state index < -0.39 is 0 Å². The number of aliphatic hydroxyl groups is 2. The average Bonchev–Trinajstić information content (AvgIpc) is 2.18. The molecule has 0 aromatic heterocycles. The van der Waals surface area contributed by atoms with Crippen LogP contribution in [-0.4, -0.2) is 49.7 Å². The van der Waals surface area contributed by atoms with Crippen LogP contribution >= 0.6 is 0 Å². The van der Waals surface area contributed by atoms with E-state index in [1.165, 1.54) is 0 Å². The first kappa shape index (κ1) is 15.3. The van der Waals surface area contributed by atoms with Crippen LogP contribution in [0.2, 0.25) is 0 Å². The highest BCUT2D eigenvalue weighted by atomic mass is 16.5. The van der Waals surface area contributed by atoms with E-state index in [-0.39, 0.29) is 13.2 Å². The minimum absolute atomic E-state index is 0.125. The molecule has 0 unspecified atom stereocenters. The van der Waals surface area contributed by atoms with Crippen molar-refractivity contribution in [2.24, 2.45) is 11.5 Å². The topological polar surface area (TPSA) is 102 Å². The maximum atomic E-state index is 7.62. The Balaban J connectivity index is 0. The van der Waals surface area contributed by atoms with Crippen molar-refractivity contribution in [2.45, 2.75) is 12.8 Å². The number of nitrogens with two attached hydrogens (primary N) is 2. The Kier molecular flexibility index (Phi) is 20.9. The standard InChI is InChI=1S/C6H16N2O.C2H6O2/c7-3-1-5-9-6-2-4-8;3-1-2-4/h1-8H2;3-4H,1-2H2. The molecule has 0 bridgehead atoms. The largest absolute Gasteiger partial charge is 0.394 e. The molecule has 0 spiro atoms. The van der Waals surface area contributed by atoms with E-state index in [2.05, 4.69) is 0 Å². The van der Waals surface area contributed by atoms with Gasteiger partial charge in [-0.3, -0.25) is 0 Å². The summed E-state index contributed by atoms with van der Waals surface area (Å²) in [6.45, 7) is 2.72. The Morgan fingerprint density at radius 3 is 1.46 bits per heavy atom. The minimum atomic E-state index is -0.125. The number of hydrogen-bond donors (Lipinski definition) is 4. The Morgan fingerprint density at radius 2 is 1.23 bits per heavy atom. The molecule has 5 nitrogen and oxygen atoms in total. The third kappa shape index (κ3) is 24.5. The van der Waals surface area contributed by atoms with E-state index in [1.807, 2.05) is 0 Å². The van der Waals surface area contributed by atoms with E-state index in [0.717, 1.165) is 26.1 Å². The van der Waals surface area contributed by atoms with Gasteiger partial charge in [0.15, 0.2) is 0 Å². The van der Waals surface area contributed by atoms with Gasteiger partial charge in [-0.2, -0.15) is 0 Å². The molecule has 0 atom stereocenters. The predicted octanol–water partition coefficient (Wildman–Crippen LogP) is -1.33. The van der Waals surface area contributed by atoms with Crippen LogP contribution in [0.3, 0.4) is 0 Å². The number of ether oxygens (including phenoxy) is 1. The van der Waals surface area contributed by atoms with Gasteiger partial charge in [-0.15, -0.1) is 0 Å². The molecule has 0 aliphatic rings. The molecule has 5 heteroatoms. The van der Waals surface area contributed by atoms with Crippen molar-refractivity contribution in [3.8, 4) is 0 Å². The Hall–Kier alpha value is -0.200. The second-order valence-corrected chi connectivity index (χ2v) is 2.34. The van der Waals surface area contributed by atoms with Gasteiger partial charge in [-0.25, -0.2) is 0 Å². The van der Waals surface area contributed by atoms with Gasteiger partial charge in [0, 0.05) is 13.2 Å². The molecule has 0 saturated heterocycles. The van der Waals surface area contributed by atoms with E-state index >= 15 is 0 Å². The number of hydrogen-bond acceptors (Lipinski definition) is 5. The average molecular weight is 194 g/mol. The van der Waals surface area contributed by atoms with Gasteiger partial charge < -0.3 is 26.4 Å². The van der Waals surface area contributed by atoms with Crippen LogP contribution in [0.4, 0.5) is 0 Å². The SMILES string of the molecule is NCCCOCCCN.OCCO. The third-order valence-electron chi connectivity index (χ3n) is 1.09. The van der Waals surface area contributed by atoms with Crippen molar-refractivity contribution < 1.29 is 14.9 Å². The molecule has 0 fully saturated rings. The van der Waals surface area contributed by atoms with Gasteiger partial charge in [0.1, 0.15) is 0 Å². The molecular formula is C8H22N2O3. The van der Waals surface area contributed by atoms with Crippen LogP contribution in [0.15, 0.2) is 0 Å². The van der Waals surface area contributed by atoms with Crippen molar-refractivity contribution in [1.82, 2.24) is 0 Å². The summed E-state index contributed by atoms with van der Waals surface area (Å²) in [5.74, 6) is 0. The van der Waals surface area contributed by atoms with Crippen LogP contribution in [0.25, 0.3) is 0 Å². The van der Waals surface area contributed by atoms with E-state index in [9.17, 15) is 0 Å². The van der Waals surface area contributed by atoms with E-state index in [0.29, 0.717) is 13.1 Å². The quantitative estimate of drug-likeness (QED) is 0.376. The van der Waals surface area contributed by atoms with Crippen molar-refractivity contribution >= 4 is 0 Å².